The third kappa shape index (κ3) is 4.93. The van der Waals surface area contributed by atoms with Gasteiger partial charge in [0.05, 0.1) is 0 Å². The van der Waals surface area contributed by atoms with Crippen LogP contribution in [-0.2, 0) is 6.42 Å². The van der Waals surface area contributed by atoms with Gasteiger partial charge in [0.25, 0.3) is 0 Å². The number of nitrogens with one attached hydrogen (secondary N) is 1. The van der Waals surface area contributed by atoms with Gasteiger partial charge >= 0.3 is 0 Å². The average Bonchev–Trinajstić information content (AvgIpc) is 2.28. The number of hydrogen-bond acceptors (Lipinski definition) is 1. The van der Waals surface area contributed by atoms with E-state index in [1.54, 1.807) is 0 Å². The number of aryl methyl sites for hydroxylation is 2. The lowest BCUT2D eigenvalue weighted by atomic mass is 10.0. The minimum atomic E-state index is 0.484. The Balaban J connectivity index is 0.000000487. The second kappa shape index (κ2) is 8.51. The molecular weight excluding hydrogens is 262 g/mol. The average molecular weight is 284 g/mol. The van der Waals surface area contributed by atoms with Crippen LogP contribution in [0.4, 0.5) is 0 Å². The zero-order chi connectivity index (χ0) is 12.6. The number of benzene rings is 1. The minimum Gasteiger partial charge on any atom is -0.293 e. The third-order valence-corrected chi connectivity index (χ3v) is 2.86. The Morgan fingerprint density at radius 2 is 1.75 bits per heavy atom. The maximum absolute atomic E-state index is 7.54. The highest BCUT2D eigenvalue weighted by Gasteiger charge is 2.05. The summed E-state index contributed by atoms with van der Waals surface area (Å²) in [6.45, 7) is 8.50. The van der Waals surface area contributed by atoms with Crippen molar-refractivity contribution in [3.8, 4) is 0 Å². The van der Waals surface area contributed by atoms with Crippen LogP contribution in [0, 0.1) is 12.3 Å². The molecule has 0 heterocycles. The fraction of sp³-hybridized carbons (Fsp3) is 0.500. The number of unbranched alkanes of at least 4 members (excludes halogenated alkanes) is 1. The van der Waals surface area contributed by atoms with Crippen LogP contribution in [0.2, 0.25) is 0 Å². The van der Waals surface area contributed by atoms with Crippen molar-refractivity contribution in [3.63, 3.8) is 0 Å². The van der Waals surface area contributed by atoms with E-state index in [9.17, 15) is 0 Å². The second-order valence-electron chi connectivity index (χ2n) is 3.78. The predicted octanol–water partition coefficient (Wildman–Crippen LogP) is 5.08. The Kier molecular flexibility index (Phi) is 8.18. The van der Waals surface area contributed by atoms with Gasteiger partial charge < -0.3 is 0 Å². The van der Waals surface area contributed by atoms with Gasteiger partial charge in [0, 0.05) is 5.56 Å². The predicted molar refractivity (Wildman–Crippen MR) is 76.9 cm³/mol. The van der Waals surface area contributed by atoms with Gasteiger partial charge in [0.15, 0.2) is 0 Å². The van der Waals surface area contributed by atoms with Gasteiger partial charge in [-0.2, -0.15) is 0 Å². The first-order valence-electron chi connectivity index (χ1n) is 5.91. The maximum atomic E-state index is 7.54. The first kappa shape index (κ1) is 15.4. The lowest BCUT2D eigenvalue weighted by molar-refractivity contribution is 0.886. The largest absolute Gasteiger partial charge is 0.293 e. The van der Waals surface area contributed by atoms with Gasteiger partial charge in [-0.25, -0.2) is 0 Å². The third-order valence-electron chi connectivity index (χ3n) is 2.46. The summed E-state index contributed by atoms with van der Waals surface area (Å²) in [6.07, 6.45) is 3.62. The molecule has 0 bridgehead atoms. The molecule has 0 amide bonds. The molecule has 2 heteroatoms. The number of hydrogen-bond donors (Lipinski definition) is 1. The van der Waals surface area contributed by atoms with Crippen molar-refractivity contribution in [2.45, 2.75) is 47.0 Å². The van der Waals surface area contributed by atoms with Crippen LogP contribution in [0.1, 0.15) is 50.3 Å². The highest BCUT2D eigenvalue weighted by Crippen LogP contribution is 2.17. The molecule has 1 aromatic rings. The Hall–Kier alpha value is -0.630. The minimum absolute atomic E-state index is 0.484. The molecular formula is C14H22BrN. The molecule has 1 N–H and O–H groups in total. The highest BCUT2D eigenvalue weighted by atomic mass is 79.9. The Labute approximate surface area is 108 Å². The zero-order valence-electron chi connectivity index (χ0n) is 10.7. The van der Waals surface area contributed by atoms with E-state index in [1.807, 2.05) is 19.1 Å². The molecule has 0 radical (unpaired) electrons. The van der Waals surface area contributed by atoms with E-state index >= 15 is 0 Å². The molecule has 1 aromatic carbocycles. The van der Waals surface area contributed by atoms with Crippen molar-refractivity contribution < 1.29 is 0 Å². The van der Waals surface area contributed by atoms with Crippen LogP contribution >= 0.6 is 15.9 Å². The molecule has 0 aliphatic carbocycles. The molecule has 0 fully saturated rings. The molecule has 0 spiro atoms. The molecule has 0 unspecified atom stereocenters. The number of halogens is 1. The van der Waals surface area contributed by atoms with Gasteiger partial charge in [-0.3, -0.25) is 5.41 Å². The first-order chi connectivity index (χ1) is 7.58. The van der Waals surface area contributed by atoms with Crippen LogP contribution in [0.3, 0.4) is 0 Å². The summed E-state index contributed by atoms with van der Waals surface area (Å²) < 4.78 is 0.484. The van der Waals surface area contributed by atoms with E-state index in [4.69, 9.17) is 5.41 Å². The molecule has 0 aromatic heterocycles. The van der Waals surface area contributed by atoms with Crippen molar-refractivity contribution in [1.82, 2.24) is 0 Å². The van der Waals surface area contributed by atoms with Crippen LogP contribution < -0.4 is 0 Å². The summed E-state index contributed by atoms with van der Waals surface area (Å²) in [5, 5.41) is 7.54. The van der Waals surface area contributed by atoms with Crippen LogP contribution in [0.15, 0.2) is 18.2 Å². The van der Waals surface area contributed by atoms with Crippen molar-refractivity contribution in [1.29, 1.82) is 5.41 Å². The van der Waals surface area contributed by atoms with E-state index < -0.39 is 0 Å². The molecule has 0 aliphatic heterocycles. The van der Waals surface area contributed by atoms with Gasteiger partial charge in [-0.05, 0) is 40.4 Å². The molecule has 0 atom stereocenters. The highest BCUT2D eigenvalue weighted by molar-refractivity contribution is 9.18. The summed E-state index contributed by atoms with van der Waals surface area (Å²) in [6, 6.07) is 6.13. The van der Waals surface area contributed by atoms with E-state index in [2.05, 4.69) is 42.8 Å². The van der Waals surface area contributed by atoms with Crippen LogP contribution in [0.25, 0.3) is 0 Å². The summed E-state index contributed by atoms with van der Waals surface area (Å²) >= 11 is 3.21. The van der Waals surface area contributed by atoms with E-state index in [-0.39, 0.29) is 0 Å². The molecule has 1 rings (SSSR count). The van der Waals surface area contributed by atoms with Crippen LogP contribution in [-0.4, -0.2) is 4.62 Å². The molecule has 0 saturated heterocycles. The van der Waals surface area contributed by atoms with Crippen molar-refractivity contribution in [2.24, 2.45) is 0 Å². The summed E-state index contributed by atoms with van der Waals surface area (Å²) in [5.41, 5.74) is 3.44. The number of rotatable bonds is 3. The molecule has 0 saturated carbocycles. The maximum Gasteiger partial charge on any atom is 0.104 e. The van der Waals surface area contributed by atoms with Gasteiger partial charge in [-0.15, -0.1) is 0 Å². The molecule has 0 aliphatic rings. The van der Waals surface area contributed by atoms with Crippen molar-refractivity contribution >= 4 is 20.6 Å². The SMILES string of the molecule is CCCC.CCc1cccc(C)c1C(=N)Br. The fourth-order valence-corrected chi connectivity index (χ4v) is 1.90. The van der Waals surface area contributed by atoms with E-state index in [1.165, 1.54) is 18.4 Å². The Morgan fingerprint density at radius 1 is 1.19 bits per heavy atom. The summed E-state index contributed by atoms with van der Waals surface area (Å²) in [4.78, 5) is 0. The van der Waals surface area contributed by atoms with E-state index in [0.717, 1.165) is 17.5 Å². The summed E-state index contributed by atoms with van der Waals surface area (Å²) in [5.74, 6) is 0. The van der Waals surface area contributed by atoms with Gasteiger partial charge in [0.1, 0.15) is 4.62 Å². The van der Waals surface area contributed by atoms with Crippen LogP contribution in [0.5, 0.6) is 0 Å². The van der Waals surface area contributed by atoms with E-state index in [0.29, 0.717) is 4.62 Å². The van der Waals surface area contributed by atoms with Gasteiger partial charge in [-0.1, -0.05) is 51.8 Å². The monoisotopic (exact) mass is 283 g/mol. The van der Waals surface area contributed by atoms with Crippen molar-refractivity contribution in [3.05, 3.63) is 34.9 Å². The molecule has 16 heavy (non-hydrogen) atoms. The first-order valence-corrected chi connectivity index (χ1v) is 6.70. The smallest absolute Gasteiger partial charge is 0.104 e. The lowest BCUT2D eigenvalue weighted by Crippen LogP contribution is -1.98. The van der Waals surface area contributed by atoms with Gasteiger partial charge in [0.2, 0.25) is 0 Å². The summed E-state index contributed by atoms with van der Waals surface area (Å²) in [7, 11) is 0. The quantitative estimate of drug-likeness (QED) is 0.748. The molecule has 1 nitrogen and oxygen atoms in total. The van der Waals surface area contributed by atoms with Crippen molar-refractivity contribution in [2.75, 3.05) is 0 Å². The fourth-order valence-electron chi connectivity index (χ4n) is 1.34. The Morgan fingerprint density at radius 3 is 2.06 bits per heavy atom. The standard InChI is InChI=1S/C10H12BrN.C4H10/c1-3-8-6-4-5-7(2)9(8)10(11)12;1-3-4-2/h4-6,12H,3H2,1-2H3;3-4H2,1-2H3. The lowest BCUT2D eigenvalue weighted by Gasteiger charge is -2.07. The zero-order valence-corrected chi connectivity index (χ0v) is 12.3. The Bertz CT molecular complexity index is 330. The normalized spacial score (nSPS) is 9.31. The molecule has 90 valence electrons. The second-order valence-corrected chi connectivity index (χ2v) is 4.57. The topological polar surface area (TPSA) is 23.9 Å².